The highest BCUT2D eigenvalue weighted by Gasteiger charge is 2.34. The summed E-state index contributed by atoms with van der Waals surface area (Å²) in [5, 5.41) is 34.1. The van der Waals surface area contributed by atoms with Crippen molar-refractivity contribution < 1.29 is 42.9 Å². The maximum atomic E-state index is 14.8. The van der Waals surface area contributed by atoms with Gasteiger partial charge in [0, 0.05) is 73.3 Å². The quantitative estimate of drug-likeness (QED) is 0.229. The van der Waals surface area contributed by atoms with Crippen LogP contribution in [0.25, 0.3) is 11.3 Å². The molecule has 5 heterocycles. The Morgan fingerprint density at radius 2 is 1.75 bits per heavy atom. The molecule has 2 aromatic heterocycles. The highest BCUT2D eigenvalue weighted by Crippen LogP contribution is 2.43. The second-order valence-corrected chi connectivity index (χ2v) is 12.8. The number of carbonyl (C=O) groups excluding carboxylic acids is 2. The first kappa shape index (κ1) is 34.6. The molecule has 0 saturated carbocycles. The topological polar surface area (TPSA) is 193 Å². The molecular weight excluding hydrogens is 682 g/mol. The van der Waals surface area contributed by atoms with Gasteiger partial charge in [-0.3, -0.25) is 19.6 Å². The van der Waals surface area contributed by atoms with Crippen molar-refractivity contribution in [2.75, 3.05) is 36.5 Å². The van der Waals surface area contributed by atoms with Gasteiger partial charge in [-0.25, -0.2) is 23.4 Å². The molecule has 0 radical (unpaired) electrons. The molecule has 1 saturated heterocycles. The second kappa shape index (κ2) is 14.1. The molecule has 3 aliphatic heterocycles. The first-order chi connectivity index (χ1) is 25.0. The van der Waals surface area contributed by atoms with Gasteiger partial charge >= 0.3 is 11.9 Å². The molecule has 270 valence electrons. The molecule has 2 amide bonds. The number of anilines is 3. The molecule has 3 aliphatic rings. The van der Waals surface area contributed by atoms with Crippen molar-refractivity contribution in [3.05, 3.63) is 75.6 Å². The molecule has 7 rings (SSSR count). The lowest BCUT2D eigenvalue weighted by Crippen LogP contribution is -2.36. The van der Waals surface area contributed by atoms with Crippen LogP contribution in [0.2, 0.25) is 0 Å². The summed E-state index contributed by atoms with van der Waals surface area (Å²) in [4.78, 5) is 56.0. The Morgan fingerprint density at radius 1 is 0.981 bits per heavy atom. The summed E-state index contributed by atoms with van der Waals surface area (Å²) in [5.74, 6) is -3.48. The molecule has 17 heteroatoms. The van der Waals surface area contributed by atoms with Crippen molar-refractivity contribution in [2.45, 2.75) is 58.0 Å². The van der Waals surface area contributed by atoms with Gasteiger partial charge in [0.2, 0.25) is 11.9 Å². The lowest BCUT2D eigenvalue weighted by Gasteiger charge is -2.33. The normalized spacial score (nSPS) is 16.0. The summed E-state index contributed by atoms with van der Waals surface area (Å²) >= 11 is 0. The van der Waals surface area contributed by atoms with Crippen LogP contribution in [-0.2, 0) is 28.9 Å². The van der Waals surface area contributed by atoms with Gasteiger partial charge in [0.15, 0.2) is 5.82 Å². The number of benzene rings is 2. The Hall–Kier alpha value is -5.84. The second-order valence-electron chi connectivity index (χ2n) is 12.8. The predicted molar refractivity (Wildman–Crippen MR) is 180 cm³/mol. The zero-order valence-corrected chi connectivity index (χ0v) is 28.0. The predicted octanol–water partition coefficient (Wildman–Crippen LogP) is 4.66. The number of fused-ring (bicyclic) bond motifs is 2. The fourth-order valence-electron chi connectivity index (χ4n) is 7.10. The van der Waals surface area contributed by atoms with E-state index in [0.717, 1.165) is 54.3 Å². The van der Waals surface area contributed by atoms with Crippen LogP contribution in [0.1, 0.15) is 92.1 Å². The number of carboxylic acids is 2. The molecule has 0 aliphatic carbocycles. The van der Waals surface area contributed by atoms with Crippen LogP contribution in [0.15, 0.2) is 36.5 Å². The maximum Gasteiger partial charge on any atom is 0.336 e. The minimum Gasteiger partial charge on any atom is -0.478 e. The minimum absolute atomic E-state index is 0.0406. The van der Waals surface area contributed by atoms with Gasteiger partial charge in [0.25, 0.3) is 12.3 Å². The fraction of sp³-hybridized carbons (Fsp3) is 0.371. The van der Waals surface area contributed by atoms with Crippen LogP contribution in [0.3, 0.4) is 0 Å². The highest BCUT2D eigenvalue weighted by molar-refractivity contribution is 6.07. The van der Waals surface area contributed by atoms with E-state index in [2.05, 4.69) is 25.2 Å². The largest absolute Gasteiger partial charge is 0.478 e. The van der Waals surface area contributed by atoms with E-state index in [1.807, 2.05) is 4.90 Å². The zero-order valence-electron chi connectivity index (χ0n) is 28.0. The van der Waals surface area contributed by atoms with Crippen LogP contribution in [0.4, 0.5) is 26.2 Å². The molecule has 15 nitrogen and oxygen atoms in total. The van der Waals surface area contributed by atoms with E-state index in [9.17, 15) is 38.2 Å². The van der Waals surface area contributed by atoms with Crippen molar-refractivity contribution in [3.8, 4) is 11.3 Å². The summed E-state index contributed by atoms with van der Waals surface area (Å²) in [6, 6.07) is 6.31. The number of amides is 2. The van der Waals surface area contributed by atoms with E-state index in [0.29, 0.717) is 57.2 Å². The van der Waals surface area contributed by atoms with Gasteiger partial charge in [0.1, 0.15) is 5.69 Å². The SMILES string of the molecule is CC(=O)N1CCc2c(c(N3CCCc4cc(-c5cnc(NC(=O)c6ccc(C(=O)O)c(C(=O)O)c6)nn5)c(C(F)F)cc43)nn2C2CCOCC2)C1. The number of aromatic nitrogens is 5. The average Bonchev–Trinajstić information content (AvgIpc) is 3.53. The van der Waals surface area contributed by atoms with Crippen LogP contribution < -0.4 is 10.2 Å². The van der Waals surface area contributed by atoms with Gasteiger partial charge in [0.05, 0.1) is 29.9 Å². The lowest BCUT2D eigenvalue weighted by molar-refractivity contribution is -0.129. The summed E-state index contributed by atoms with van der Waals surface area (Å²) in [5.41, 5.74) is 2.04. The number of nitrogens with one attached hydrogen (secondary N) is 1. The third-order valence-electron chi connectivity index (χ3n) is 9.71. The lowest BCUT2D eigenvalue weighted by atomic mass is 9.93. The molecule has 0 unspecified atom stereocenters. The number of rotatable bonds is 8. The van der Waals surface area contributed by atoms with E-state index >= 15 is 0 Å². The van der Waals surface area contributed by atoms with E-state index in [4.69, 9.17) is 9.84 Å². The third-order valence-corrected chi connectivity index (χ3v) is 9.71. The minimum atomic E-state index is -2.88. The van der Waals surface area contributed by atoms with Crippen molar-refractivity contribution in [3.63, 3.8) is 0 Å². The molecule has 52 heavy (non-hydrogen) atoms. The number of alkyl halides is 2. The van der Waals surface area contributed by atoms with Crippen LogP contribution in [0.5, 0.6) is 0 Å². The molecule has 0 bridgehead atoms. The molecule has 3 N–H and O–H groups in total. The van der Waals surface area contributed by atoms with Gasteiger partial charge in [-0.1, -0.05) is 0 Å². The van der Waals surface area contributed by atoms with E-state index in [1.54, 1.807) is 11.0 Å². The standard InChI is InChI=1S/C35H34F2N8O7/c1-18(46)43-10-6-28-26(17-43)31(42-45(28)21-7-11-52-12-8-21)44-9-2-3-19-13-23(24(30(36)37)15-29(19)44)27-16-38-35(41-40-27)39-32(47)20-4-5-22(33(48)49)25(14-20)34(50)51/h4-5,13-16,21,30H,2-3,6-12,17H2,1H3,(H,48,49)(H,50,51)(H,38,39,41,47). The number of carbonyl (C=O) groups is 4. The molecule has 1 fully saturated rings. The van der Waals surface area contributed by atoms with Crippen LogP contribution >= 0.6 is 0 Å². The summed E-state index contributed by atoms with van der Waals surface area (Å²) in [6.07, 6.45) is 1.91. The highest BCUT2D eigenvalue weighted by atomic mass is 19.3. The number of carboxylic acid groups (broad SMARTS) is 2. The number of hydrogen-bond donors (Lipinski definition) is 3. The van der Waals surface area contributed by atoms with Gasteiger partial charge < -0.3 is 24.7 Å². The smallest absolute Gasteiger partial charge is 0.336 e. The number of hydrogen-bond acceptors (Lipinski definition) is 10. The maximum absolute atomic E-state index is 14.8. The Bertz CT molecular complexity index is 2080. The Kier molecular flexibility index (Phi) is 9.35. The Morgan fingerprint density at radius 3 is 2.42 bits per heavy atom. The molecular formula is C35H34F2N8O7. The summed E-state index contributed by atoms with van der Waals surface area (Å²) in [7, 11) is 0. The molecule has 0 spiro atoms. The van der Waals surface area contributed by atoms with E-state index < -0.39 is 35.4 Å². The average molecular weight is 717 g/mol. The zero-order chi connectivity index (χ0) is 36.7. The van der Waals surface area contributed by atoms with Crippen LogP contribution in [-0.4, -0.2) is 90.1 Å². The number of nitrogens with zero attached hydrogens (tertiary/aromatic N) is 7. The molecule has 0 atom stereocenters. The van der Waals surface area contributed by atoms with Crippen molar-refractivity contribution in [1.29, 1.82) is 0 Å². The van der Waals surface area contributed by atoms with Crippen molar-refractivity contribution in [1.82, 2.24) is 29.9 Å². The van der Waals surface area contributed by atoms with Gasteiger partial charge in [-0.2, -0.15) is 5.10 Å². The van der Waals surface area contributed by atoms with Crippen molar-refractivity contribution in [2.24, 2.45) is 0 Å². The molecule has 2 aromatic carbocycles. The fourth-order valence-corrected chi connectivity index (χ4v) is 7.10. The van der Waals surface area contributed by atoms with E-state index in [-0.39, 0.29) is 40.3 Å². The van der Waals surface area contributed by atoms with Crippen LogP contribution in [0, 0.1) is 0 Å². The van der Waals surface area contributed by atoms with Gasteiger partial charge in [-0.15, -0.1) is 10.2 Å². The molecule has 4 aromatic rings. The first-order valence-corrected chi connectivity index (χ1v) is 16.8. The third kappa shape index (κ3) is 6.54. The first-order valence-electron chi connectivity index (χ1n) is 16.8. The number of ether oxygens (including phenoxy) is 1. The summed E-state index contributed by atoms with van der Waals surface area (Å²) < 4.78 is 37.2. The number of aromatic carboxylic acids is 2. The Labute approximate surface area is 295 Å². The number of aryl methyl sites for hydroxylation is 1. The van der Waals surface area contributed by atoms with Crippen molar-refractivity contribution >= 4 is 41.2 Å². The van der Waals surface area contributed by atoms with Gasteiger partial charge in [-0.05, 0) is 61.6 Å². The number of halogens is 2. The Balaban J connectivity index is 1.19. The monoisotopic (exact) mass is 716 g/mol. The van der Waals surface area contributed by atoms with E-state index in [1.165, 1.54) is 19.2 Å². The summed E-state index contributed by atoms with van der Waals surface area (Å²) in [6.45, 7) is 4.30.